The summed E-state index contributed by atoms with van der Waals surface area (Å²) < 4.78 is 50.6. The molecule has 0 radical (unpaired) electrons. The molecule has 0 spiro atoms. The number of alkyl halides is 3. The molecule has 3 aromatic rings. The topological polar surface area (TPSA) is 70.4 Å². The van der Waals surface area contributed by atoms with E-state index in [4.69, 9.17) is 21.1 Å². The average Bonchev–Trinajstić information content (AvgIpc) is 2.72. The summed E-state index contributed by atoms with van der Waals surface area (Å²) >= 11 is 6.10. The van der Waals surface area contributed by atoms with Crippen molar-refractivity contribution in [1.29, 1.82) is 0 Å². The predicted octanol–water partition coefficient (Wildman–Crippen LogP) is 4.91. The van der Waals surface area contributed by atoms with E-state index in [0.29, 0.717) is 18.5 Å². The molecule has 0 aliphatic heterocycles. The Morgan fingerprint density at radius 3 is 2.57 bits per heavy atom. The summed E-state index contributed by atoms with van der Waals surface area (Å²) in [6.45, 7) is 2.03. The van der Waals surface area contributed by atoms with Crippen LogP contribution in [0.3, 0.4) is 0 Å². The molecule has 0 amide bonds. The lowest BCUT2D eigenvalue weighted by molar-refractivity contribution is -0.137. The fourth-order valence-corrected chi connectivity index (χ4v) is 2.72. The molecule has 0 saturated carbocycles. The van der Waals surface area contributed by atoms with Crippen LogP contribution in [0.2, 0.25) is 5.02 Å². The van der Waals surface area contributed by atoms with Gasteiger partial charge in [-0.1, -0.05) is 17.7 Å². The normalized spacial score (nSPS) is 11.2. The van der Waals surface area contributed by atoms with E-state index in [9.17, 15) is 22.8 Å². The Morgan fingerprint density at radius 2 is 1.90 bits per heavy atom. The fraction of sp³-hybridized carbons (Fsp3) is 0.150. The molecule has 0 bridgehead atoms. The summed E-state index contributed by atoms with van der Waals surface area (Å²) in [6.07, 6.45) is -2.83. The minimum absolute atomic E-state index is 0.103. The van der Waals surface area contributed by atoms with E-state index >= 15 is 0 Å². The van der Waals surface area contributed by atoms with Crippen molar-refractivity contribution in [2.24, 2.45) is 0 Å². The van der Waals surface area contributed by atoms with Crippen molar-refractivity contribution < 1.29 is 27.4 Å². The molecule has 3 rings (SSSR count). The number of aromatic nitrogens is 2. The van der Waals surface area contributed by atoms with Crippen LogP contribution < -0.4 is 15.0 Å². The highest BCUT2D eigenvalue weighted by molar-refractivity contribution is 6.31. The second-order valence-corrected chi connectivity index (χ2v) is 6.32. The van der Waals surface area contributed by atoms with Crippen molar-refractivity contribution in [1.82, 2.24) is 9.78 Å². The molecule has 1 heterocycles. The zero-order valence-corrected chi connectivity index (χ0v) is 16.2. The van der Waals surface area contributed by atoms with Crippen LogP contribution in [-0.2, 0) is 6.18 Å². The number of rotatable bonds is 6. The molecule has 1 aromatic heterocycles. The van der Waals surface area contributed by atoms with Crippen LogP contribution >= 0.6 is 11.6 Å². The number of halogens is 4. The van der Waals surface area contributed by atoms with Gasteiger partial charge < -0.3 is 9.47 Å². The standard InChI is InChI=1S/C20H14ClF3N2O4/c1-2-29-16-8-12(11-27)6-7-15(16)30-17-10-25-26(19(28)18(17)21)14-5-3-4-13(9-14)20(22,23)24/h3-11H,2H2,1H3. The molecule has 0 aliphatic carbocycles. The van der Waals surface area contributed by atoms with E-state index in [1.54, 1.807) is 6.92 Å². The minimum atomic E-state index is -4.57. The summed E-state index contributed by atoms with van der Waals surface area (Å²) in [5, 5.41) is 3.48. The quantitative estimate of drug-likeness (QED) is 0.511. The van der Waals surface area contributed by atoms with Gasteiger partial charge in [-0.2, -0.15) is 23.0 Å². The van der Waals surface area contributed by atoms with Gasteiger partial charge in [0.15, 0.2) is 22.3 Å². The third-order valence-electron chi connectivity index (χ3n) is 3.93. The van der Waals surface area contributed by atoms with Crippen molar-refractivity contribution in [2.45, 2.75) is 13.1 Å². The molecular weight excluding hydrogens is 425 g/mol. The molecule has 0 fully saturated rings. The van der Waals surface area contributed by atoms with Crippen LogP contribution in [0.25, 0.3) is 5.69 Å². The van der Waals surface area contributed by atoms with Crippen molar-refractivity contribution in [3.05, 3.63) is 75.2 Å². The molecule has 2 aromatic carbocycles. The average molecular weight is 439 g/mol. The highest BCUT2D eigenvalue weighted by Gasteiger charge is 2.30. The molecular formula is C20H14ClF3N2O4. The van der Waals surface area contributed by atoms with Gasteiger partial charge in [0.05, 0.1) is 24.1 Å². The number of hydrogen-bond acceptors (Lipinski definition) is 5. The Morgan fingerprint density at radius 1 is 1.13 bits per heavy atom. The van der Waals surface area contributed by atoms with Gasteiger partial charge in [-0.05, 0) is 43.3 Å². The zero-order chi connectivity index (χ0) is 21.9. The van der Waals surface area contributed by atoms with Gasteiger partial charge in [0.25, 0.3) is 5.56 Å². The maximum absolute atomic E-state index is 12.9. The van der Waals surface area contributed by atoms with Crippen molar-refractivity contribution in [3.8, 4) is 22.9 Å². The summed E-state index contributed by atoms with van der Waals surface area (Å²) in [7, 11) is 0. The third-order valence-corrected chi connectivity index (χ3v) is 4.28. The molecule has 0 saturated heterocycles. The van der Waals surface area contributed by atoms with Gasteiger partial charge in [-0.3, -0.25) is 9.59 Å². The Bertz CT molecular complexity index is 1150. The van der Waals surface area contributed by atoms with E-state index in [1.165, 1.54) is 24.3 Å². The Hall–Kier alpha value is -3.33. The zero-order valence-electron chi connectivity index (χ0n) is 15.4. The van der Waals surface area contributed by atoms with Crippen LogP contribution in [0.4, 0.5) is 13.2 Å². The SMILES string of the molecule is CCOc1cc(C=O)ccc1Oc1cnn(-c2cccc(C(F)(F)F)c2)c(=O)c1Cl. The molecule has 0 aliphatic rings. The number of benzene rings is 2. The lowest BCUT2D eigenvalue weighted by atomic mass is 10.2. The molecule has 0 atom stereocenters. The highest BCUT2D eigenvalue weighted by Crippen LogP contribution is 2.34. The molecule has 0 unspecified atom stereocenters. The van der Waals surface area contributed by atoms with Crippen molar-refractivity contribution in [3.63, 3.8) is 0 Å². The van der Waals surface area contributed by atoms with Crippen LogP contribution in [-0.4, -0.2) is 22.7 Å². The minimum Gasteiger partial charge on any atom is -0.490 e. The van der Waals surface area contributed by atoms with E-state index < -0.39 is 17.3 Å². The largest absolute Gasteiger partial charge is 0.490 e. The van der Waals surface area contributed by atoms with Gasteiger partial charge in [-0.15, -0.1) is 0 Å². The maximum atomic E-state index is 12.9. The first-order valence-electron chi connectivity index (χ1n) is 8.60. The molecule has 6 nitrogen and oxygen atoms in total. The van der Waals surface area contributed by atoms with Crippen LogP contribution in [0, 0.1) is 0 Å². The first kappa shape index (κ1) is 21.4. The number of nitrogens with zero attached hydrogens (tertiary/aromatic N) is 2. The molecule has 10 heteroatoms. The van der Waals surface area contributed by atoms with Crippen molar-refractivity contribution in [2.75, 3.05) is 6.61 Å². The number of hydrogen-bond donors (Lipinski definition) is 0. The third kappa shape index (κ3) is 4.46. The van der Waals surface area contributed by atoms with Gasteiger partial charge in [0, 0.05) is 5.56 Å². The molecule has 156 valence electrons. The number of ether oxygens (including phenoxy) is 2. The number of carbonyl (C=O) groups is 1. The van der Waals surface area contributed by atoms with Crippen LogP contribution in [0.15, 0.2) is 53.5 Å². The first-order valence-corrected chi connectivity index (χ1v) is 8.97. The van der Waals surface area contributed by atoms with E-state index in [2.05, 4.69) is 5.10 Å². The predicted molar refractivity (Wildman–Crippen MR) is 103 cm³/mol. The molecule has 30 heavy (non-hydrogen) atoms. The van der Waals surface area contributed by atoms with E-state index in [1.807, 2.05) is 0 Å². The highest BCUT2D eigenvalue weighted by atomic mass is 35.5. The lowest BCUT2D eigenvalue weighted by Crippen LogP contribution is -2.22. The Balaban J connectivity index is 1.99. The summed E-state index contributed by atoms with van der Waals surface area (Å²) in [4.78, 5) is 23.5. The summed E-state index contributed by atoms with van der Waals surface area (Å²) in [5.74, 6) is 0.312. The second-order valence-electron chi connectivity index (χ2n) is 5.95. The lowest BCUT2D eigenvalue weighted by Gasteiger charge is -2.14. The number of carbonyl (C=O) groups excluding carboxylic acids is 1. The molecule has 0 N–H and O–H groups in total. The van der Waals surface area contributed by atoms with Crippen molar-refractivity contribution >= 4 is 17.9 Å². The fourth-order valence-electron chi connectivity index (χ4n) is 2.56. The first-order chi connectivity index (χ1) is 14.2. The van der Waals surface area contributed by atoms with E-state index in [-0.39, 0.29) is 28.0 Å². The Labute approximate surface area is 173 Å². The second kappa shape index (κ2) is 8.58. The summed E-state index contributed by atoms with van der Waals surface area (Å²) in [6, 6.07) is 8.53. The summed E-state index contributed by atoms with van der Waals surface area (Å²) in [5.41, 5.74) is -1.54. The maximum Gasteiger partial charge on any atom is 0.416 e. The van der Waals surface area contributed by atoms with Gasteiger partial charge in [0.2, 0.25) is 0 Å². The van der Waals surface area contributed by atoms with Gasteiger partial charge in [-0.25, -0.2) is 0 Å². The number of aldehydes is 1. The van der Waals surface area contributed by atoms with Gasteiger partial charge in [0.1, 0.15) is 6.29 Å². The van der Waals surface area contributed by atoms with Crippen LogP contribution in [0.5, 0.6) is 17.2 Å². The van der Waals surface area contributed by atoms with Crippen LogP contribution in [0.1, 0.15) is 22.8 Å². The smallest absolute Gasteiger partial charge is 0.416 e. The van der Waals surface area contributed by atoms with E-state index in [0.717, 1.165) is 29.1 Å². The Kier molecular flexibility index (Phi) is 6.12. The monoisotopic (exact) mass is 438 g/mol. The van der Waals surface area contributed by atoms with Gasteiger partial charge >= 0.3 is 6.18 Å².